The number of nitrogens with zero attached hydrogens (tertiary/aromatic N) is 5. The predicted octanol–water partition coefficient (Wildman–Crippen LogP) is 0.497. The molecule has 1 aromatic carbocycles. The number of nitrogens with one attached hydrogen (secondary N) is 1. The third-order valence-electron chi connectivity index (χ3n) is 6.23. The topological polar surface area (TPSA) is 141 Å². The van der Waals surface area contributed by atoms with Gasteiger partial charge in [-0.25, -0.2) is 9.38 Å². The van der Waals surface area contributed by atoms with Crippen molar-refractivity contribution in [3.8, 4) is 11.3 Å². The highest BCUT2D eigenvalue weighted by Gasteiger charge is 2.44. The lowest BCUT2D eigenvalue weighted by molar-refractivity contribution is -0.0511. The lowest BCUT2D eigenvalue weighted by Gasteiger charge is -2.20. The van der Waals surface area contributed by atoms with Crippen molar-refractivity contribution in [1.29, 1.82) is 0 Å². The largest absolute Gasteiger partial charge is 0.394 e. The summed E-state index contributed by atoms with van der Waals surface area (Å²) in [4.78, 5) is 27.2. The number of rotatable bonds is 6. The Bertz CT molecular complexity index is 1340. The molecule has 0 aliphatic carbocycles. The molecule has 174 valence electrons. The van der Waals surface area contributed by atoms with Crippen LogP contribution in [-0.4, -0.2) is 77.2 Å². The fourth-order valence-corrected chi connectivity index (χ4v) is 4.35. The van der Waals surface area contributed by atoms with E-state index in [9.17, 15) is 20.1 Å². The van der Waals surface area contributed by atoms with Crippen molar-refractivity contribution < 1.29 is 20.1 Å². The molecule has 1 saturated heterocycles. The summed E-state index contributed by atoms with van der Waals surface area (Å²) in [5.74, 6) is 0.309. The summed E-state index contributed by atoms with van der Waals surface area (Å²) in [6, 6.07) is 8.05. The Kier molecular flexibility index (Phi) is 5.41. The highest BCUT2D eigenvalue weighted by atomic mass is 16.6. The van der Waals surface area contributed by atoms with E-state index in [1.165, 1.54) is 15.3 Å². The molecule has 0 amide bonds. The van der Waals surface area contributed by atoms with E-state index < -0.39 is 31.1 Å². The number of aromatic nitrogens is 5. The molecule has 1 aliphatic rings. The van der Waals surface area contributed by atoms with E-state index in [0.29, 0.717) is 5.78 Å². The van der Waals surface area contributed by atoms with Crippen LogP contribution in [0, 0.1) is 0 Å². The van der Waals surface area contributed by atoms with Gasteiger partial charge < -0.3 is 29.9 Å². The fraction of sp³-hybridized carbons (Fsp3) is 0.409. The molecule has 4 atom stereocenters. The number of hydrogen-bond acceptors (Lipinski definition) is 8. The van der Waals surface area contributed by atoms with Crippen LogP contribution in [0.3, 0.4) is 0 Å². The van der Waals surface area contributed by atoms with E-state index in [1.807, 2.05) is 24.3 Å². The normalized spacial score (nSPS) is 23.1. The first-order valence-corrected chi connectivity index (χ1v) is 10.9. The molecule has 1 fully saturated rings. The van der Waals surface area contributed by atoms with Crippen molar-refractivity contribution in [1.82, 2.24) is 23.9 Å². The highest BCUT2D eigenvalue weighted by molar-refractivity contribution is 5.73. The lowest BCUT2D eigenvalue weighted by Crippen LogP contribution is -2.33. The summed E-state index contributed by atoms with van der Waals surface area (Å²) >= 11 is 0. The quantitative estimate of drug-likeness (QED) is 0.330. The number of ether oxygens (including phenoxy) is 1. The van der Waals surface area contributed by atoms with Crippen LogP contribution in [0.2, 0.25) is 0 Å². The number of anilines is 1. The zero-order valence-corrected chi connectivity index (χ0v) is 18.3. The van der Waals surface area contributed by atoms with E-state index in [1.54, 1.807) is 6.20 Å². The van der Waals surface area contributed by atoms with Crippen LogP contribution < -0.4 is 10.5 Å². The summed E-state index contributed by atoms with van der Waals surface area (Å²) in [6.45, 7) is 5.60. The highest BCUT2D eigenvalue weighted by Crippen LogP contribution is 2.31. The Labute approximate surface area is 188 Å². The van der Waals surface area contributed by atoms with Gasteiger partial charge in [-0.15, -0.1) is 0 Å². The van der Waals surface area contributed by atoms with Crippen LogP contribution >= 0.6 is 0 Å². The predicted molar refractivity (Wildman–Crippen MR) is 121 cm³/mol. The van der Waals surface area contributed by atoms with Gasteiger partial charge in [-0.05, 0) is 31.5 Å². The second-order valence-corrected chi connectivity index (χ2v) is 8.05. The van der Waals surface area contributed by atoms with Gasteiger partial charge in [0.1, 0.15) is 18.3 Å². The summed E-state index contributed by atoms with van der Waals surface area (Å²) in [7, 11) is 0. The number of H-pyrrole nitrogens is 1. The van der Waals surface area contributed by atoms with Crippen molar-refractivity contribution in [2.45, 2.75) is 38.4 Å². The van der Waals surface area contributed by atoms with Crippen molar-refractivity contribution >= 4 is 22.6 Å². The van der Waals surface area contributed by atoms with Gasteiger partial charge in [-0.3, -0.25) is 9.36 Å². The van der Waals surface area contributed by atoms with E-state index in [2.05, 4.69) is 33.7 Å². The number of benzene rings is 1. The molecule has 4 heterocycles. The standard InChI is InChI=1S/C22H26N6O5/c1-3-26(4-2)13-7-5-12(6-8-13)14-9-27-20(32)16-19(25-22(27)24-14)28(11-23-16)21-18(31)17(30)15(10-29)33-21/h5-9,11,15,17-18,21,29-31H,3-4,10H2,1-2H3,(H,24,25)/t15-,17?,18?,21-/m1/s1. The van der Waals surface area contributed by atoms with Gasteiger partial charge in [0, 0.05) is 25.0 Å². The minimum atomic E-state index is -1.30. The maximum Gasteiger partial charge on any atom is 0.287 e. The Morgan fingerprint density at radius 1 is 1.15 bits per heavy atom. The molecule has 4 aromatic rings. The summed E-state index contributed by atoms with van der Waals surface area (Å²) in [5, 5.41) is 29.8. The molecule has 0 bridgehead atoms. The second-order valence-electron chi connectivity index (χ2n) is 8.05. The molecule has 33 heavy (non-hydrogen) atoms. The van der Waals surface area contributed by atoms with E-state index in [0.717, 1.165) is 30.0 Å². The first-order chi connectivity index (χ1) is 16.0. The first kappa shape index (κ1) is 21.6. The van der Waals surface area contributed by atoms with Crippen LogP contribution in [0.5, 0.6) is 0 Å². The zero-order chi connectivity index (χ0) is 23.3. The van der Waals surface area contributed by atoms with Crippen LogP contribution in [0.1, 0.15) is 20.1 Å². The third kappa shape index (κ3) is 3.40. The van der Waals surface area contributed by atoms with Gasteiger partial charge in [-0.2, -0.15) is 4.98 Å². The maximum atomic E-state index is 13.1. The molecule has 11 heteroatoms. The SMILES string of the molecule is CCN(CC)c1ccc(-c2cn3c(=O)c4ncn([C@@H]5O[C@H](CO)C(O)C5O)c4nc3[nH]2)cc1. The van der Waals surface area contributed by atoms with Gasteiger partial charge in [0.2, 0.25) is 5.78 Å². The molecule has 1 aliphatic heterocycles. The Balaban J connectivity index is 1.55. The minimum Gasteiger partial charge on any atom is -0.394 e. The molecule has 0 spiro atoms. The third-order valence-corrected chi connectivity index (χ3v) is 6.23. The van der Waals surface area contributed by atoms with Gasteiger partial charge >= 0.3 is 0 Å². The number of aliphatic hydroxyl groups excluding tert-OH is 3. The van der Waals surface area contributed by atoms with Crippen molar-refractivity contribution in [3.63, 3.8) is 0 Å². The minimum absolute atomic E-state index is 0.104. The molecule has 4 N–H and O–H groups in total. The van der Waals surface area contributed by atoms with Gasteiger partial charge in [0.15, 0.2) is 17.4 Å². The van der Waals surface area contributed by atoms with Gasteiger partial charge in [-0.1, -0.05) is 12.1 Å². The average Bonchev–Trinajstić information content (AvgIpc) is 3.52. The number of aliphatic hydroxyl groups is 3. The molecular weight excluding hydrogens is 428 g/mol. The number of aromatic amines is 1. The van der Waals surface area contributed by atoms with Gasteiger partial charge in [0.05, 0.1) is 18.6 Å². The number of fused-ring (bicyclic) bond motifs is 2. The first-order valence-electron chi connectivity index (χ1n) is 10.9. The van der Waals surface area contributed by atoms with Gasteiger partial charge in [0.25, 0.3) is 5.56 Å². The number of imidazole rings is 2. The molecule has 3 aromatic heterocycles. The average molecular weight is 454 g/mol. The maximum absolute atomic E-state index is 13.1. The Hall–Kier alpha value is -3.25. The summed E-state index contributed by atoms with van der Waals surface area (Å²) < 4.78 is 8.37. The second kappa shape index (κ2) is 8.27. The van der Waals surface area contributed by atoms with Crippen LogP contribution in [-0.2, 0) is 4.74 Å². The molecule has 2 unspecified atom stereocenters. The summed E-state index contributed by atoms with van der Waals surface area (Å²) in [5.41, 5.74) is 2.69. The fourth-order valence-electron chi connectivity index (χ4n) is 4.35. The molecule has 0 saturated carbocycles. The molecular formula is C22H26N6O5. The molecule has 5 rings (SSSR count). The Morgan fingerprint density at radius 3 is 2.52 bits per heavy atom. The van der Waals surface area contributed by atoms with Crippen LogP contribution in [0.15, 0.2) is 41.6 Å². The van der Waals surface area contributed by atoms with E-state index in [-0.39, 0.29) is 16.7 Å². The monoisotopic (exact) mass is 454 g/mol. The van der Waals surface area contributed by atoms with Crippen LogP contribution in [0.4, 0.5) is 5.69 Å². The van der Waals surface area contributed by atoms with Crippen LogP contribution in [0.25, 0.3) is 28.2 Å². The number of hydrogen-bond donors (Lipinski definition) is 4. The smallest absolute Gasteiger partial charge is 0.287 e. The summed E-state index contributed by atoms with van der Waals surface area (Å²) in [6.07, 6.45) is -1.52. The van der Waals surface area contributed by atoms with Crippen molar-refractivity contribution in [2.24, 2.45) is 0 Å². The van der Waals surface area contributed by atoms with Crippen molar-refractivity contribution in [2.75, 3.05) is 24.6 Å². The molecule has 0 radical (unpaired) electrons. The lowest BCUT2D eigenvalue weighted by atomic mass is 10.1. The molecule has 11 nitrogen and oxygen atoms in total. The van der Waals surface area contributed by atoms with E-state index >= 15 is 0 Å². The zero-order valence-electron chi connectivity index (χ0n) is 18.3. The Morgan fingerprint density at radius 2 is 1.88 bits per heavy atom. The van der Waals surface area contributed by atoms with E-state index in [4.69, 9.17) is 4.74 Å². The van der Waals surface area contributed by atoms with Crippen molar-refractivity contribution in [3.05, 3.63) is 47.1 Å².